The van der Waals surface area contributed by atoms with E-state index < -0.39 is 12.3 Å². The van der Waals surface area contributed by atoms with Gasteiger partial charge in [-0.25, -0.2) is 4.90 Å². The van der Waals surface area contributed by atoms with Crippen molar-refractivity contribution in [2.75, 3.05) is 0 Å². The van der Waals surface area contributed by atoms with Crippen molar-refractivity contribution in [1.82, 2.24) is 4.90 Å². The first-order valence-corrected chi connectivity index (χ1v) is 5.26. The van der Waals surface area contributed by atoms with E-state index in [-0.39, 0.29) is 6.54 Å². The molecule has 0 amide bonds. The van der Waals surface area contributed by atoms with Crippen LogP contribution in [-0.4, -0.2) is 17.2 Å². The fourth-order valence-electron chi connectivity index (χ4n) is 1.40. The highest BCUT2D eigenvalue weighted by Crippen LogP contribution is 2.26. The molecule has 0 saturated heterocycles. The molecule has 0 saturated carbocycles. The van der Waals surface area contributed by atoms with Gasteiger partial charge >= 0.3 is 6.30 Å². The molecular formula is C11H13ClF3N. The summed E-state index contributed by atoms with van der Waals surface area (Å²) >= 11 is 5.72. The van der Waals surface area contributed by atoms with Crippen molar-refractivity contribution in [2.45, 2.75) is 32.7 Å². The molecule has 0 aromatic heterocycles. The lowest BCUT2D eigenvalue weighted by Gasteiger charge is -2.28. The second kappa shape index (κ2) is 5.06. The molecular weight excluding hydrogens is 239 g/mol. The fraction of sp³-hybridized carbons (Fsp3) is 0.455. The van der Waals surface area contributed by atoms with E-state index in [1.165, 1.54) is 13.8 Å². The summed E-state index contributed by atoms with van der Waals surface area (Å²) in [5.41, 5.74) is 0.554. The fourth-order valence-corrected chi connectivity index (χ4v) is 1.61. The number of rotatable bonds is 3. The Labute approximate surface area is 97.8 Å². The average molecular weight is 252 g/mol. The maximum atomic E-state index is 12.6. The van der Waals surface area contributed by atoms with Gasteiger partial charge in [0.05, 0.1) is 0 Å². The minimum absolute atomic E-state index is 0.179. The molecule has 1 aromatic carbocycles. The molecule has 0 bridgehead atoms. The molecule has 0 N–H and O–H groups in total. The largest absolute Gasteiger partial charge is 0.460 e. The molecule has 0 aliphatic carbocycles. The van der Waals surface area contributed by atoms with Crippen LogP contribution < -0.4 is 0 Å². The second-order valence-corrected chi connectivity index (χ2v) is 4.26. The number of hydrogen-bond donors (Lipinski definition) is 0. The summed E-state index contributed by atoms with van der Waals surface area (Å²) < 4.78 is 37.9. The van der Waals surface area contributed by atoms with Crippen LogP contribution in [0.2, 0.25) is 5.02 Å². The van der Waals surface area contributed by atoms with Gasteiger partial charge in [0.15, 0.2) is 0 Å². The van der Waals surface area contributed by atoms with Crippen LogP contribution in [0.25, 0.3) is 0 Å². The summed E-state index contributed by atoms with van der Waals surface area (Å²) in [7, 11) is 0. The van der Waals surface area contributed by atoms with Crippen LogP contribution in [0.3, 0.4) is 0 Å². The zero-order valence-corrected chi connectivity index (χ0v) is 9.81. The van der Waals surface area contributed by atoms with Crippen molar-refractivity contribution in [3.8, 4) is 0 Å². The Morgan fingerprint density at radius 1 is 1.31 bits per heavy atom. The van der Waals surface area contributed by atoms with E-state index in [4.69, 9.17) is 11.6 Å². The van der Waals surface area contributed by atoms with Crippen LogP contribution in [-0.2, 0) is 6.54 Å². The standard InChI is InChI=1S/C11H13ClF3N/c1-8(2)16(11(13,14)15)7-9-4-3-5-10(12)6-9/h3-6,8H,7H2,1-2H3. The first-order valence-electron chi connectivity index (χ1n) is 4.88. The van der Waals surface area contributed by atoms with Crippen molar-refractivity contribution >= 4 is 11.6 Å². The Kier molecular flexibility index (Phi) is 4.21. The molecule has 0 atom stereocenters. The summed E-state index contributed by atoms with van der Waals surface area (Å²) in [6.07, 6.45) is -4.32. The van der Waals surface area contributed by atoms with Gasteiger partial charge in [-0.3, -0.25) is 0 Å². The lowest BCUT2D eigenvalue weighted by atomic mass is 10.2. The van der Waals surface area contributed by atoms with Crippen molar-refractivity contribution in [3.63, 3.8) is 0 Å². The number of benzene rings is 1. The first kappa shape index (κ1) is 13.3. The zero-order valence-electron chi connectivity index (χ0n) is 9.05. The van der Waals surface area contributed by atoms with Crippen LogP contribution >= 0.6 is 11.6 Å². The monoisotopic (exact) mass is 251 g/mol. The van der Waals surface area contributed by atoms with E-state index in [0.29, 0.717) is 15.5 Å². The van der Waals surface area contributed by atoms with Crippen LogP contribution in [0, 0.1) is 0 Å². The van der Waals surface area contributed by atoms with Gasteiger partial charge in [-0.05, 0) is 31.5 Å². The molecule has 0 heterocycles. The van der Waals surface area contributed by atoms with E-state index in [2.05, 4.69) is 0 Å². The average Bonchev–Trinajstić information content (AvgIpc) is 2.12. The van der Waals surface area contributed by atoms with E-state index in [1.807, 2.05) is 0 Å². The SMILES string of the molecule is CC(C)N(Cc1cccc(Cl)c1)C(F)(F)F. The zero-order chi connectivity index (χ0) is 12.3. The molecule has 16 heavy (non-hydrogen) atoms. The van der Waals surface area contributed by atoms with Crippen molar-refractivity contribution in [1.29, 1.82) is 0 Å². The third kappa shape index (κ3) is 3.68. The van der Waals surface area contributed by atoms with Gasteiger partial charge < -0.3 is 0 Å². The third-order valence-corrected chi connectivity index (χ3v) is 2.43. The van der Waals surface area contributed by atoms with E-state index in [1.54, 1.807) is 24.3 Å². The first-order chi connectivity index (χ1) is 7.30. The Hall–Kier alpha value is -0.740. The summed E-state index contributed by atoms with van der Waals surface area (Å²) in [5.74, 6) is 0. The molecule has 1 aromatic rings. The Balaban J connectivity index is 2.84. The summed E-state index contributed by atoms with van der Waals surface area (Å²) in [5, 5.41) is 0.448. The predicted octanol–water partition coefficient (Wildman–Crippen LogP) is 4.07. The highest BCUT2D eigenvalue weighted by Gasteiger charge is 2.38. The molecule has 5 heteroatoms. The predicted molar refractivity (Wildman–Crippen MR) is 58.2 cm³/mol. The smallest absolute Gasteiger partial charge is 0.208 e. The molecule has 0 unspecified atom stereocenters. The normalized spacial score (nSPS) is 12.5. The van der Waals surface area contributed by atoms with Gasteiger partial charge in [0.25, 0.3) is 0 Å². The number of hydrogen-bond acceptors (Lipinski definition) is 1. The number of nitrogens with zero attached hydrogens (tertiary/aromatic N) is 1. The number of halogens is 4. The highest BCUT2D eigenvalue weighted by molar-refractivity contribution is 6.30. The molecule has 90 valence electrons. The summed E-state index contributed by atoms with van der Waals surface area (Å²) in [6.45, 7) is 2.85. The molecule has 1 nitrogen and oxygen atoms in total. The third-order valence-electron chi connectivity index (χ3n) is 2.19. The minimum Gasteiger partial charge on any atom is -0.208 e. The lowest BCUT2D eigenvalue weighted by Crippen LogP contribution is -2.42. The second-order valence-electron chi connectivity index (χ2n) is 3.82. The molecule has 0 radical (unpaired) electrons. The summed E-state index contributed by atoms with van der Waals surface area (Å²) in [6, 6.07) is 5.86. The van der Waals surface area contributed by atoms with E-state index in [0.717, 1.165) is 0 Å². The lowest BCUT2D eigenvalue weighted by molar-refractivity contribution is -0.259. The van der Waals surface area contributed by atoms with Gasteiger partial charge in [0, 0.05) is 17.6 Å². The maximum absolute atomic E-state index is 12.6. The summed E-state index contributed by atoms with van der Waals surface area (Å²) in [4.78, 5) is 0.471. The van der Waals surface area contributed by atoms with Gasteiger partial charge in [-0.2, -0.15) is 13.2 Å². The molecule has 1 rings (SSSR count). The van der Waals surface area contributed by atoms with Gasteiger partial charge in [0.2, 0.25) is 0 Å². The Morgan fingerprint density at radius 2 is 1.94 bits per heavy atom. The van der Waals surface area contributed by atoms with Gasteiger partial charge in [-0.1, -0.05) is 23.7 Å². The van der Waals surface area contributed by atoms with Crippen LogP contribution in [0.15, 0.2) is 24.3 Å². The van der Waals surface area contributed by atoms with Crippen LogP contribution in [0.1, 0.15) is 19.4 Å². The highest BCUT2D eigenvalue weighted by atomic mass is 35.5. The Bertz CT molecular complexity index is 349. The number of alkyl halides is 3. The maximum Gasteiger partial charge on any atom is 0.460 e. The topological polar surface area (TPSA) is 3.24 Å². The molecule has 0 fully saturated rings. The molecule has 0 spiro atoms. The van der Waals surface area contributed by atoms with Crippen molar-refractivity contribution in [3.05, 3.63) is 34.9 Å². The van der Waals surface area contributed by atoms with Gasteiger partial charge in [-0.15, -0.1) is 0 Å². The van der Waals surface area contributed by atoms with Gasteiger partial charge in [0.1, 0.15) is 0 Å². The quantitative estimate of drug-likeness (QED) is 0.732. The minimum atomic E-state index is -4.32. The van der Waals surface area contributed by atoms with E-state index >= 15 is 0 Å². The van der Waals surface area contributed by atoms with E-state index in [9.17, 15) is 13.2 Å². The Morgan fingerprint density at radius 3 is 2.38 bits per heavy atom. The van der Waals surface area contributed by atoms with Crippen LogP contribution in [0.5, 0.6) is 0 Å². The van der Waals surface area contributed by atoms with Crippen molar-refractivity contribution < 1.29 is 13.2 Å². The van der Waals surface area contributed by atoms with Crippen LogP contribution in [0.4, 0.5) is 13.2 Å². The molecule has 0 aliphatic rings. The molecule has 0 aliphatic heterocycles. The van der Waals surface area contributed by atoms with Crippen molar-refractivity contribution in [2.24, 2.45) is 0 Å².